The monoisotopic (exact) mass is 355 g/mol. The van der Waals surface area contributed by atoms with Gasteiger partial charge >= 0.3 is 0 Å². The Morgan fingerprint density at radius 1 is 1.16 bits per heavy atom. The van der Waals surface area contributed by atoms with Crippen molar-refractivity contribution in [3.63, 3.8) is 0 Å². The summed E-state index contributed by atoms with van der Waals surface area (Å²) in [6, 6.07) is 11.5. The molecule has 6 nitrogen and oxygen atoms in total. The van der Waals surface area contributed by atoms with Crippen LogP contribution in [0.2, 0.25) is 5.15 Å². The summed E-state index contributed by atoms with van der Waals surface area (Å²) in [5, 5.41) is 12.5. The Balaban J connectivity index is 1.36. The fourth-order valence-electron chi connectivity index (χ4n) is 3.22. The molecule has 3 heterocycles. The van der Waals surface area contributed by atoms with E-state index in [1.807, 2.05) is 36.5 Å². The van der Waals surface area contributed by atoms with Crippen molar-refractivity contribution in [3.8, 4) is 0 Å². The van der Waals surface area contributed by atoms with E-state index >= 15 is 0 Å². The molecule has 0 unspecified atom stereocenters. The molecule has 7 heteroatoms. The van der Waals surface area contributed by atoms with Crippen LogP contribution in [-0.2, 0) is 4.79 Å². The maximum Gasteiger partial charge on any atom is 0.227 e. The molecule has 0 atom stereocenters. The predicted octanol–water partition coefficient (Wildman–Crippen LogP) is 3.47. The van der Waals surface area contributed by atoms with Crippen LogP contribution in [0.15, 0.2) is 42.6 Å². The lowest BCUT2D eigenvalue weighted by atomic mass is 9.96. The number of fused-ring (bicyclic) bond motifs is 1. The Kier molecular flexibility index (Phi) is 4.28. The van der Waals surface area contributed by atoms with Crippen LogP contribution in [-0.4, -0.2) is 34.2 Å². The highest BCUT2D eigenvalue weighted by Gasteiger charge is 2.25. The summed E-state index contributed by atoms with van der Waals surface area (Å²) in [5.74, 6) is 0.893. The molecule has 0 spiro atoms. The molecule has 2 N–H and O–H groups in total. The zero-order valence-electron chi connectivity index (χ0n) is 13.6. The molecule has 1 fully saturated rings. The molecule has 0 radical (unpaired) electrons. The third-order valence-electron chi connectivity index (χ3n) is 4.63. The molecule has 4 rings (SSSR count). The Morgan fingerprint density at radius 3 is 2.76 bits per heavy atom. The van der Waals surface area contributed by atoms with Gasteiger partial charge in [0.05, 0.1) is 0 Å². The van der Waals surface area contributed by atoms with Gasteiger partial charge in [-0.1, -0.05) is 17.7 Å². The first-order valence-electron chi connectivity index (χ1n) is 8.31. The number of carbonyl (C=O) groups is 1. The first-order chi connectivity index (χ1) is 12.2. The Hall–Kier alpha value is -2.60. The van der Waals surface area contributed by atoms with Gasteiger partial charge in [0.2, 0.25) is 5.91 Å². The number of hydrogen-bond acceptors (Lipinski definition) is 4. The molecule has 1 aromatic carbocycles. The summed E-state index contributed by atoms with van der Waals surface area (Å²) < 4.78 is 0. The van der Waals surface area contributed by atoms with Gasteiger partial charge in [0, 0.05) is 36.4 Å². The number of aromatic nitrogens is 3. The maximum absolute atomic E-state index is 12.5. The second kappa shape index (κ2) is 6.72. The zero-order valence-corrected chi connectivity index (χ0v) is 14.3. The van der Waals surface area contributed by atoms with Crippen molar-refractivity contribution in [1.82, 2.24) is 15.2 Å². The van der Waals surface area contributed by atoms with Crippen LogP contribution in [0.5, 0.6) is 0 Å². The van der Waals surface area contributed by atoms with Gasteiger partial charge in [-0.05, 0) is 48.6 Å². The standard InChI is InChI=1S/C18H18ClN5O/c19-16-3-4-17(23-22-16)24-9-6-13(7-10-24)18(25)21-14-2-1-12-5-8-20-15(12)11-14/h1-5,8,11,13,20H,6-7,9-10H2,(H,21,25). The van der Waals surface area contributed by atoms with Crippen LogP contribution in [0.4, 0.5) is 11.5 Å². The zero-order chi connectivity index (χ0) is 17.2. The molecule has 1 aliphatic rings. The number of amides is 1. The van der Waals surface area contributed by atoms with Gasteiger partial charge in [0.1, 0.15) is 0 Å². The summed E-state index contributed by atoms with van der Waals surface area (Å²) >= 11 is 5.77. The number of piperidine rings is 1. The van der Waals surface area contributed by atoms with E-state index in [9.17, 15) is 4.79 Å². The van der Waals surface area contributed by atoms with Gasteiger partial charge in [0.15, 0.2) is 11.0 Å². The number of H-pyrrole nitrogens is 1. The van der Waals surface area contributed by atoms with E-state index in [1.165, 1.54) is 0 Å². The van der Waals surface area contributed by atoms with Crippen molar-refractivity contribution in [2.24, 2.45) is 5.92 Å². The molecule has 0 saturated carbocycles. The van der Waals surface area contributed by atoms with Gasteiger partial charge < -0.3 is 15.2 Å². The smallest absolute Gasteiger partial charge is 0.227 e. The number of halogens is 1. The van der Waals surface area contributed by atoms with Crippen molar-refractivity contribution >= 4 is 39.9 Å². The van der Waals surface area contributed by atoms with E-state index in [1.54, 1.807) is 6.07 Å². The van der Waals surface area contributed by atoms with Crippen LogP contribution in [0.25, 0.3) is 10.9 Å². The second-order valence-corrected chi connectivity index (χ2v) is 6.63. The van der Waals surface area contributed by atoms with Crippen LogP contribution < -0.4 is 10.2 Å². The summed E-state index contributed by atoms with van der Waals surface area (Å²) in [5.41, 5.74) is 1.85. The Morgan fingerprint density at radius 2 is 2.00 bits per heavy atom. The number of hydrogen-bond donors (Lipinski definition) is 2. The lowest BCUT2D eigenvalue weighted by molar-refractivity contribution is -0.120. The van der Waals surface area contributed by atoms with Gasteiger partial charge in [0.25, 0.3) is 0 Å². The minimum absolute atomic E-state index is 0.0100. The van der Waals surface area contributed by atoms with Crippen molar-refractivity contribution < 1.29 is 4.79 Å². The number of rotatable bonds is 3. The van der Waals surface area contributed by atoms with Crippen molar-refractivity contribution in [2.75, 3.05) is 23.3 Å². The number of nitrogens with zero attached hydrogens (tertiary/aromatic N) is 3. The highest BCUT2D eigenvalue weighted by Crippen LogP contribution is 2.24. The first kappa shape index (κ1) is 15.9. The van der Waals surface area contributed by atoms with E-state index < -0.39 is 0 Å². The minimum atomic E-state index is 0.0100. The van der Waals surface area contributed by atoms with Crippen LogP contribution in [0.3, 0.4) is 0 Å². The lowest BCUT2D eigenvalue weighted by Gasteiger charge is -2.31. The summed E-state index contributed by atoms with van der Waals surface area (Å²) in [6.45, 7) is 1.56. The highest BCUT2D eigenvalue weighted by atomic mass is 35.5. The van der Waals surface area contributed by atoms with Crippen molar-refractivity contribution in [3.05, 3.63) is 47.7 Å². The largest absolute Gasteiger partial charge is 0.361 e. The summed E-state index contributed by atoms with van der Waals surface area (Å²) in [6.07, 6.45) is 3.48. The third kappa shape index (κ3) is 3.44. The second-order valence-electron chi connectivity index (χ2n) is 6.24. The molecular formula is C18H18ClN5O. The highest BCUT2D eigenvalue weighted by molar-refractivity contribution is 6.29. The summed E-state index contributed by atoms with van der Waals surface area (Å²) in [4.78, 5) is 17.8. The Bertz CT molecular complexity index is 884. The van der Waals surface area contributed by atoms with E-state index in [0.717, 1.165) is 48.3 Å². The normalized spacial score (nSPS) is 15.5. The molecule has 1 amide bonds. The molecule has 1 saturated heterocycles. The SMILES string of the molecule is O=C(Nc1ccc2cc[nH]c2c1)C1CCN(c2ccc(Cl)nn2)CC1. The predicted molar refractivity (Wildman–Crippen MR) is 98.9 cm³/mol. The maximum atomic E-state index is 12.5. The van der Waals surface area contributed by atoms with Gasteiger partial charge in [-0.25, -0.2) is 0 Å². The van der Waals surface area contributed by atoms with E-state index in [0.29, 0.717) is 5.15 Å². The quantitative estimate of drug-likeness (QED) is 0.754. The van der Waals surface area contributed by atoms with E-state index in [2.05, 4.69) is 25.4 Å². The third-order valence-corrected chi connectivity index (χ3v) is 4.83. The van der Waals surface area contributed by atoms with Crippen molar-refractivity contribution in [2.45, 2.75) is 12.8 Å². The fraction of sp³-hybridized carbons (Fsp3) is 0.278. The molecule has 0 aliphatic carbocycles. The number of nitrogens with one attached hydrogen (secondary N) is 2. The molecule has 128 valence electrons. The topological polar surface area (TPSA) is 73.9 Å². The van der Waals surface area contributed by atoms with Crippen LogP contribution in [0, 0.1) is 5.92 Å². The van der Waals surface area contributed by atoms with Crippen LogP contribution >= 0.6 is 11.6 Å². The molecule has 1 aliphatic heterocycles. The summed E-state index contributed by atoms with van der Waals surface area (Å²) in [7, 11) is 0. The van der Waals surface area contributed by atoms with Crippen molar-refractivity contribution in [1.29, 1.82) is 0 Å². The van der Waals surface area contributed by atoms with E-state index in [4.69, 9.17) is 11.6 Å². The molecule has 2 aromatic heterocycles. The van der Waals surface area contributed by atoms with Gasteiger partial charge in [-0.15, -0.1) is 10.2 Å². The fourth-order valence-corrected chi connectivity index (χ4v) is 3.32. The molecule has 3 aromatic rings. The molecule has 25 heavy (non-hydrogen) atoms. The number of aromatic amines is 1. The number of carbonyl (C=O) groups excluding carboxylic acids is 1. The average Bonchev–Trinajstić information content (AvgIpc) is 3.10. The van der Waals surface area contributed by atoms with Gasteiger partial charge in [-0.3, -0.25) is 4.79 Å². The average molecular weight is 356 g/mol. The first-order valence-corrected chi connectivity index (χ1v) is 8.69. The molecular weight excluding hydrogens is 338 g/mol. The lowest BCUT2D eigenvalue weighted by Crippen LogP contribution is -2.38. The van der Waals surface area contributed by atoms with E-state index in [-0.39, 0.29) is 11.8 Å². The number of benzene rings is 1. The Labute approximate surface area is 150 Å². The molecule has 0 bridgehead atoms. The van der Waals surface area contributed by atoms with Gasteiger partial charge in [-0.2, -0.15) is 0 Å². The number of anilines is 2. The minimum Gasteiger partial charge on any atom is -0.361 e. The van der Waals surface area contributed by atoms with Crippen LogP contribution in [0.1, 0.15) is 12.8 Å².